The maximum atomic E-state index is 12.6. The van der Waals surface area contributed by atoms with Crippen molar-refractivity contribution in [3.05, 3.63) is 12.2 Å². The molecule has 0 saturated carbocycles. The van der Waals surface area contributed by atoms with Gasteiger partial charge in [-0.25, -0.2) is 0 Å². The highest BCUT2D eigenvalue weighted by molar-refractivity contribution is 5.83. The fourth-order valence-electron chi connectivity index (χ4n) is 4.66. The number of carbonyl (C=O) groups excluding carboxylic acids is 2. The summed E-state index contributed by atoms with van der Waals surface area (Å²) in [4.78, 5) is 25.2. The first-order valence-electron chi connectivity index (χ1n) is 14.6. The van der Waals surface area contributed by atoms with Gasteiger partial charge in [0, 0.05) is 0 Å². The third kappa shape index (κ3) is 15.6. The molecule has 0 amide bonds. The van der Waals surface area contributed by atoms with Crippen LogP contribution in [0.3, 0.4) is 0 Å². The van der Waals surface area contributed by atoms with E-state index in [4.69, 9.17) is 9.47 Å². The second-order valence-electron chi connectivity index (χ2n) is 10.6. The zero-order valence-corrected chi connectivity index (χ0v) is 22.7. The van der Waals surface area contributed by atoms with Crippen molar-refractivity contribution in [2.45, 2.75) is 136 Å². The maximum absolute atomic E-state index is 12.6. The van der Waals surface area contributed by atoms with E-state index in [1.807, 2.05) is 12.2 Å². The molecule has 2 unspecified atom stereocenters. The quantitative estimate of drug-likeness (QED) is 0.0941. The Bertz CT molecular complexity index is 540. The van der Waals surface area contributed by atoms with Crippen LogP contribution in [0.15, 0.2) is 12.2 Å². The van der Waals surface area contributed by atoms with Gasteiger partial charge in [0.05, 0.1) is 25.0 Å². The molecule has 0 N–H and O–H groups in total. The van der Waals surface area contributed by atoms with E-state index in [0.717, 1.165) is 38.0 Å². The Morgan fingerprint density at radius 3 is 1.79 bits per heavy atom. The van der Waals surface area contributed by atoms with Gasteiger partial charge in [-0.05, 0) is 31.6 Å². The molecule has 4 nitrogen and oxygen atoms in total. The van der Waals surface area contributed by atoms with Crippen LogP contribution in [0.4, 0.5) is 0 Å². The molecule has 0 fully saturated rings. The molecule has 0 aliphatic heterocycles. The normalized spacial score (nSPS) is 17.8. The Balaban J connectivity index is 2.12. The molecule has 0 radical (unpaired) electrons. The fourth-order valence-corrected chi connectivity index (χ4v) is 4.66. The number of esters is 2. The standard InChI is InChI=1S/C30H54O4/c1-4-5-6-7-8-9-10-11-12-14-19-24-33-29(31)27-22-17-18-23-28(27)30(32)34-25-20-15-13-16-21-26(2)3/h18,23,26-28H,4-17,19-22,24-25H2,1-3H3. The molecule has 1 aliphatic rings. The Hall–Kier alpha value is -1.32. The molecular formula is C30H54O4. The van der Waals surface area contributed by atoms with Crippen LogP contribution >= 0.6 is 0 Å². The van der Waals surface area contributed by atoms with Gasteiger partial charge in [0.25, 0.3) is 0 Å². The van der Waals surface area contributed by atoms with Gasteiger partial charge in [-0.3, -0.25) is 9.59 Å². The number of rotatable bonds is 21. The van der Waals surface area contributed by atoms with Crippen LogP contribution in [0.1, 0.15) is 136 Å². The van der Waals surface area contributed by atoms with Crippen LogP contribution in [-0.4, -0.2) is 25.2 Å². The van der Waals surface area contributed by atoms with Crippen LogP contribution in [-0.2, 0) is 19.1 Å². The van der Waals surface area contributed by atoms with Gasteiger partial charge in [0.2, 0.25) is 0 Å². The summed E-state index contributed by atoms with van der Waals surface area (Å²) in [6.07, 6.45) is 25.0. The minimum absolute atomic E-state index is 0.230. The molecule has 2 atom stereocenters. The lowest BCUT2D eigenvalue weighted by Gasteiger charge is -2.24. The van der Waals surface area contributed by atoms with Gasteiger partial charge >= 0.3 is 11.9 Å². The van der Waals surface area contributed by atoms with Gasteiger partial charge < -0.3 is 9.47 Å². The molecule has 0 aromatic heterocycles. The van der Waals surface area contributed by atoms with Crippen LogP contribution in [0.25, 0.3) is 0 Å². The van der Waals surface area contributed by atoms with Crippen molar-refractivity contribution < 1.29 is 19.1 Å². The summed E-state index contributed by atoms with van der Waals surface area (Å²) in [6, 6.07) is 0. The highest BCUT2D eigenvalue weighted by Gasteiger charge is 2.35. The first-order chi connectivity index (χ1) is 16.6. The molecule has 0 heterocycles. The van der Waals surface area contributed by atoms with Crippen molar-refractivity contribution in [3.63, 3.8) is 0 Å². The highest BCUT2D eigenvalue weighted by atomic mass is 16.5. The second kappa shape index (κ2) is 21.0. The lowest BCUT2D eigenvalue weighted by atomic mass is 9.84. The summed E-state index contributed by atoms with van der Waals surface area (Å²) in [5.41, 5.74) is 0. The van der Waals surface area contributed by atoms with Gasteiger partial charge in [-0.1, -0.05) is 123 Å². The molecule has 0 aromatic carbocycles. The molecule has 1 aliphatic carbocycles. The van der Waals surface area contributed by atoms with Gasteiger partial charge in [0.15, 0.2) is 0 Å². The minimum Gasteiger partial charge on any atom is -0.465 e. The number of allylic oxidation sites excluding steroid dienone is 1. The molecule has 34 heavy (non-hydrogen) atoms. The number of carbonyl (C=O) groups is 2. The number of ether oxygens (including phenoxy) is 2. The Labute approximate surface area is 210 Å². The summed E-state index contributed by atoms with van der Waals surface area (Å²) in [6.45, 7) is 7.67. The SMILES string of the molecule is CCCCCCCCCCCCCOC(=O)C1CCC=CC1C(=O)OCCCCCCC(C)C. The van der Waals surface area contributed by atoms with E-state index < -0.39 is 11.8 Å². The van der Waals surface area contributed by atoms with Crippen LogP contribution in [0, 0.1) is 17.8 Å². The third-order valence-corrected chi connectivity index (χ3v) is 6.91. The smallest absolute Gasteiger partial charge is 0.313 e. The lowest BCUT2D eigenvalue weighted by Crippen LogP contribution is -2.33. The zero-order chi connectivity index (χ0) is 24.9. The third-order valence-electron chi connectivity index (χ3n) is 6.91. The molecule has 1 rings (SSSR count). The summed E-state index contributed by atoms with van der Waals surface area (Å²) < 4.78 is 11.1. The van der Waals surface area contributed by atoms with E-state index in [-0.39, 0.29) is 11.9 Å². The van der Waals surface area contributed by atoms with E-state index in [1.165, 1.54) is 77.0 Å². The summed E-state index contributed by atoms with van der Waals surface area (Å²) in [7, 11) is 0. The number of hydrogen-bond acceptors (Lipinski definition) is 4. The summed E-state index contributed by atoms with van der Waals surface area (Å²) >= 11 is 0. The molecular weight excluding hydrogens is 424 g/mol. The molecule has 0 aromatic rings. The first-order valence-corrected chi connectivity index (χ1v) is 14.6. The summed E-state index contributed by atoms with van der Waals surface area (Å²) in [5.74, 6) is -0.625. The summed E-state index contributed by atoms with van der Waals surface area (Å²) in [5, 5.41) is 0. The van der Waals surface area contributed by atoms with E-state index in [0.29, 0.717) is 19.6 Å². The molecule has 4 heteroatoms. The largest absolute Gasteiger partial charge is 0.465 e. The van der Waals surface area contributed by atoms with Crippen LogP contribution in [0.2, 0.25) is 0 Å². The Morgan fingerprint density at radius 1 is 0.735 bits per heavy atom. The van der Waals surface area contributed by atoms with Crippen molar-refractivity contribution >= 4 is 11.9 Å². The Morgan fingerprint density at radius 2 is 1.24 bits per heavy atom. The average molecular weight is 479 g/mol. The second-order valence-corrected chi connectivity index (χ2v) is 10.6. The zero-order valence-electron chi connectivity index (χ0n) is 22.7. The average Bonchev–Trinajstić information content (AvgIpc) is 2.83. The van der Waals surface area contributed by atoms with Crippen molar-refractivity contribution in [1.29, 1.82) is 0 Å². The van der Waals surface area contributed by atoms with E-state index in [9.17, 15) is 9.59 Å². The number of unbranched alkanes of at least 4 members (excludes halogenated alkanes) is 13. The molecule has 0 spiro atoms. The van der Waals surface area contributed by atoms with Crippen molar-refractivity contribution in [2.24, 2.45) is 17.8 Å². The van der Waals surface area contributed by atoms with E-state index in [1.54, 1.807) is 0 Å². The molecule has 0 saturated heterocycles. The highest BCUT2D eigenvalue weighted by Crippen LogP contribution is 2.27. The fraction of sp³-hybridized carbons (Fsp3) is 0.867. The number of hydrogen-bond donors (Lipinski definition) is 0. The van der Waals surface area contributed by atoms with Gasteiger partial charge in [-0.2, -0.15) is 0 Å². The van der Waals surface area contributed by atoms with Gasteiger partial charge in [-0.15, -0.1) is 0 Å². The van der Waals surface area contributed by atoms with Crippen LogP contribution < -0.4 is 0 Å². The Kier molecular flexibility index (Phi) is 19.0. The molecule has 198 valence electrons. The first kappa shape index (κ1) is 30.7. The van der Waals surface area contributed by atoms with Crippen molar-refractivity contribution in [3.8, 4) is 0 Å². The van der Waals surface area contributed by atoms with E-state index >= 15 is 0 Å². The minimum atomic E-state index is -0.487. The predicted octanol–water partition coefficient (Wildman–Crippen LogP) is 8.57. The molecule has 0 bridgehead atoms. The van der Waals surface area contributed by atoms with Crippen LogP contribution in [0.5, 0.6) is 0 Å². The monoisotopic (exact) mass is 478 g/mol. The van der Waals surface area contributed by atoms with Crippen molar-refractivity contribution in [1.82, 2.24) is 0 Å². The maximum Gasteiger partial charge on any atom is 0.313 e. The predicted molar refractivity (Wildman–Crippen MR) is 142 cm³/mol. The van der Waals surface area contributed by atoms with E-state index in [2.05, 4.69) is 20.8 Å². The van der Waals surface area contributed by atoms with Crippen molar-refractivity contribution in [2.75, 3.05) is 13.2 Å². The lowest BCUT2D eigenvalue weighted by molar-refractivity contribution is -0.159. The van der Waals surface area contributed by atoms with Gasteiger partial charge in [0.1, 0.15) is 0 Å². The topological polar surface area (TPSA) is 52.6 Å².